The number of nitrogens with zero attached hydrogens (tertiary/aromatic N) is 1. The van der Waals surface area contributed by atoms with Crippen LogP contribution in [0.1, 0.15) is 16.8 Å². The first-order valence-electron chi connectivity index (χ1n) is 10.1. The summed E-state index contributed by atoms with van der Waals surface area (Å²) in [6, 6.07) is 12.6. The van der Waals surface area contributed by atoms with Crippen molar-refractivity contribution in [1.82, 2.24) is 9.88 Å². The zero-order chi connectivity index (χ0) is 21.5. The molecule has 0 bridgehead atoms. The lowest BCUT2D eigenvalue weighted by Gasteiger charge is -2.27. The van der Waals surface area contributed by atoms with Crippen LogP contribution >= 0.6 is 0 Å². The third-order valence-electron chi connectivity index (χ3n) is 5.82. The van der Waals surface area contributed by atoms with Crippen LogP contribution in [0.4, 0.5) is 0 Å². The Morgan fingerprint density at radius 1 is 1.13 bits per heavy atom. The number of ether oxygens (including phenoxy) is 2. The second-order valence-electron chi connectivity index (χ2n) is 7.75. The van der Waals surface area contributed by atoms with E-state index in [0.717, 1.165) is 45.3 Å². The summed E-state index contributed by atoms with van der Waals surface area (Å²) in [7, 11) is 1.65. The normalized spacial score (nSPS) is 13.4. The number of hydrogen-bond donors (Lipinski definition) is 1. The number of rotatable bonds is 4. The predicted molar refractivity (Wildman–Crippen MR) is 117 cm³/mol. The van der Waals surface area contributed by atoms with Gasteiger partial charge in [0.05, 0.1) is 7.11 Å². The van der Waals surface area contributed by atoms with E-state index in [0.29, 0.717) is 24.4 Å². The summed E-state index contributed by atoms with van der Waals surface area (Å²) in [5, 5.41) is 1.92. The highest BCUT2D eigenvalue weighted by Crippen LogP contribution is 2.30. The van der Waals surface area contributed by atoms with E-state index in [-0.39, 0.29) is 12.5 Å². The number of methoxy groups -OCH3 is 1. The molecule has 0 radical (unpaired) electrons. The molecule has 0 fully saturated rings. The van der Waals surface area contributed by atoms with Crippen LogP contribution in [0.5, 0.6) is 11.5 Å². The molecule has 31 heavy (non-hydrogen) atoms. The Bertz CT molecular complexity index is 1370. The number of amides is 1. The molecule has 7 heteroatoms. The molecule has 2 aromatic carbocycles. The van der Waals surface area contributed by atoms with Gasteiger partial charge >= 0.3 is 5.63 Å². The van der Waals surface area contributed by atoms with Crippen molar-refractivity contribution in [2.75, 3.05) is 20.3 Å². The lowest BCUT2D eigenvalue weighted by molar-refractivity contribution is -0.134. The zero-order valence-corrected chi connectivity index (χ0v) is 17.4. The first-order chi connectivity index (χ1) is 15.0. The van der Waals surface area contributed by atoms with E-state index in [4.69, 9.17) is 13.9 Å². The largest absolute Gasteiger partial charge is 0.497 e. The van der Waals surface area contributed by atoms with Gasteiger partial charge in [-0.15, -0.1) is 0 Å². The molecule has 1 aliphatic heterocycles. The van der Waals surface area contributed by atoms with Crippen LogP contribution < -0.4 is 15.1 Å². The molecule has 1 aliphatic rings. The smallest absolute Gasteiger partial charge is 0.336 e. The fourth-order valence-electron chi connectivity index (χ4n) is 4.16. The molecule has 0 spiro atoms. The fraction of sp³-hybridized carbons (Fsp3) is 0.250. The average molecular weight is 418 g/mol. The highest BCUT2D eigenvalue weighted by atomic mass is 16.5. The Balaban J connectivity index is 1.32. The van der Waals surface area contributed by atoms with E-state index in [1.165, 1.54) is 6.07 Å². The van der Waals surface area contributed by atoms with Crippen molar-refractivity contribution in [1.29, 1.82) is 0 Å². The number of aromatic nitrogens is 1. The molecule has 2 aromatic heterocycles. The zero-order valence-electron chi connectivity index (χ0n) is 17.4. The Kier molecular flexibility index (Phi) is 4.66. The lowest BCUT2D eigenvalue weighted by Crippen LogP contribution is -2.38. The predicted octanol–water partition coefficient (Wildman–Crippen LogP) is 3.56. The minimum Gasteiger partial charge on any atom is -0.497 e. The number of H-pyrrole nitrogens is 1. The van der Waals surface area contributed by atoms with Crippen molar-refractivity contribution in [2.45, 2.75) is 19.9 Å². The summed E-state index contributed by atoms with van der Waals surface area (Å²) in [5.74, 6) is 1.19. The number of fused-ring (bicyclic) bond motifs is 4. The van der Waals surface area contributed by atoms with Crippen molar-refractivity contribution in [3.8, 4) is 11.5 Å². The third kappa shape index (κ3) is 3.52. The highest BCUT2D eigenvalue weighted by Gasteiger charge is 2.24. The number of aryl methyl sites for hydroxylation is 1. The molecule has 7 nitrogen and oxygen atoms in total. The molecule has 4 aromatic rings. The van der Waals surface area contributed by atoms with Crippen LogP contribution in [0.15, 0.2) is 51.7 Å². The fourth-order valence-corrected chi connectivity index (χ4v) is 4.16. The molecular formula is C24H22N2O5. The summed E-state index contributed by atoms with van der Waals surface area (Å²) in [6.45, 7) is 2.93. The van der Waals surface area contributed by atoms with Gasteiger partial charge in [-0.25, -0.2) is 4.79 Å². The van der Waals surface area contributed by atoms with Crippen LogP contribution in [0.2, 0.25) is 0 Å². The maximum Gasteiger partial charge on any atom is 0.336 e. The van der Waals surface area contributed by atoms with Gasteiger partial charge < -0.3 is 23.8 Å². The van der Waals surface area contributed by atoms with E-state index < -0.39 is 5.63 Å². The van der Waals surface area contributed by atoms with Crippen molar-refractivity contribution in [2.24, 2.45) is 0 Å². The molecule has 1 amide bonds. The number of hydrogen-bond acceptors (Lipinski definition) is 5. The van der Waals surface area contributed by atoms with Crippen LogP contribution in [0.3, 0.4) is 0 Å². The molecule has 0 saturated heterocycles. The maximum atomic E-state index is 12.8. The van der Waals surface area contributed by atoms with Gasteiger partial charge in [0, 0.05) is 59.2 Å². The van der Waals surface area contributed by atoms with Crippen molar-refractivity contribution in [3.05, 3.63) is 69.7 Å². The number of nitrogens with one attached hydrogen (secondary N) is 1. The number of carbonyl (C=O) groups is 1. The van der Waals surface area contributed by atoms with E-state index in [2.05, 4.69) is 4.98 Å². The second-order valence-corrected chi connectivity index (χ2v) is 7.75. The average Bonchev–Trinajstić information content (AvgIpc) is 3.14. The van der Waals surface area contributed by atoms with E-state index in [1.54, 1.807) is 24.1 Å². The minimum absolute atomic E-state index is 0.0808. The molecular weight excluding hydrogens is 396 g/mol. The Labute approximate surface area is 178 Å². The number of benzene rings is 2. The number of aromatic amines is 1. The standard InChI is InChI=1S/C24H22N2O5/c1-14-9-24(28)31-22-11-16(3-5-17(14)22)30-13-23(27)26-8-7-21-19(12-26)18-10-15(29-2)4-6-20(18)25-21/h3-6,9-11,25H,7-8,12-13H2,1-2H3. The van der Waals surface area contributed by atoms with Gasteiger partial charge in [-0.2, -0.15) is 0 Å². The monoisotopic (exact) mass is 418 g/mol. The first-order valence-corrected chi connectivity index (χ1v) is 10.1. The van der Waals surface area contributed by atoms with Crippen LogP contribution in [-0.4, -0.2) is 36.1 Å². The molecule has 1 N–H and O–H groups in total. The highest BCUT2D eigenvalue weighted by molar-refractivity contribution is 5.87. The first kappa shape index (κ1) is 19.2. The second kappa shape index (κ2) is 7.50. The van der Waals surface area contributed by atoms with Gasteiger partial charge in [-0.1, -0.05) is 0 Å². The Morgan fingerprint density at radius 3 is 2.81 bits per heavy atom. The topological polar surface area (TPSA) is 84.8 Å². The Hall–Kier alpha value is -3.74. The molecule has 0 aliphatic carbocycles. The summed E-state index contributed by atoms with van der Waals surface area (Å²) in [5.41, 5.74) is 4.21. The summed E-state index contributed by atoms with van der Waals surface area (Å²) < 4.78 is 16.3. The lowest BCUT2D eigenvalue weighted by atomic mass is 10.0. The number of carbonyl (C=O) groups excluding carboxylic acids is 1. The Morgan fingerprint density at radius 2 is 1.97 bits per heavy atom. The molecule has 158 valence electrons. The third-order valence-corrected chi connectivity index (χ3v) is 5.82. The molecule has 0 saturated carbocycles. The van der Waals surface area contributed by atoms with Gasteiger partial charge in [-0.3, -0.25) is 4.79 Å². The van der Waals surface area contributed by atoms with Gasteiger partial charge in [-0.05, 0) is 42.8 Å². The maximum absolute atomic E-state index is 12.8. The van der Waals surface area contributed by atoms with Crippen molar-refractivity contribution >= 4 is 27.8 Å². The van der Waals surface area contributed by atoms with Gasteiger partial charge in [0.15, 0.2) is 6.61 Å². The minimum atomic E-state index is -0.405. The van der Waals surface area contributed by atoms with Crippen molar-refractivity contribution < 1.29 is 18.7 Å². The van der Waals surface area contributed by atoms with Crippen molar-refractivity contribution in [3.63, 3.8) is 0 Å². The van der Waals surface area contributed by atoms with Gasteiger partial charge in [0.1, 0.15) is 17.1 Å². The quantitative estimate of drug-likeness (QED) is 0.513. The molecule has 0 atom stereocenters. The molecule has 0 unspecified atom stereocenters. The van der Waals surface area contributed by atoms with Crippen LogP contribution in [0.25, 0.3) is 21.9 Å². The van der Waals surface area contributed by atoms with E-state index in [9.17, 15) is 9.59 Å². The summed E-state index contributed by atoms with van der Waals surface area (Å²) in [6.07, 6.45) is 0.762. The van der Waals surface area contributed by atoms with Gasteiger partial charge in [0.25, 0.3) is 5.91 Å². The van der Waals surface area contributed by atoms with Crippen LogP contribution in [0, 0.1) is 6.92 Å². The van der Waals surface area contributed by atoms with Gasteiger partial charge in [0.2, 0.25) is 0 Å². The van der Waals surface area contributed by atoms with E-state index >= 15 is 0 Å². The van der Waals surface area contributed by atoms with E-state index in [1.807, 2.05) is 31.2 Å². The SMILES string of the molecule is COc1ccc2[nH]c3c(c2c1)CN(C(=O)COc1ccc2c(C)cc(=O)oc2c1)CC3. The molecule has 3 heterocycles. The summed E-state index contributed by atoms with van der Waals surface area (Å²) >= 11 is 0. The van der Waals surface area contributed by atoms with Crippen LogP contribution in [-0.2, 0) is 17.8 Å². The molecule has 5 rings (SSSR count). The summed E-state index contributed by atoms with van der Waals surface area (Å²) in [4.78, 5) is 29.7.